The van der Waals surface area contributed by atoms with Gasteiger partial charge in [0.1, 0.15) is 6.61 Å². The van der Waals surface area contributed by atoms with Crippen molar-refractivity contribution in [2.24, 2.45) is 0 Å². The summed E-state index contributed by atoms with van der Waals surface area (Å²) in [5.41, 5.74) is 1.50. The third-order valence-electron chi connectivity index (χ3n) is 3.30. The Morgan fingerprint density at radius 3 is 2.73 bits per heavy atom. The molecule has 1 aliphatic carbocycles. The summed E-state index contributed by atoms with van der Waals surface area (Å²) in [4.78, 5) is 0. The monoisotopic (exact) mass is 210 g/mol. The summed E-state index contributed by atoms with van der Waals surface area (Å²) >= 11 is 0. The van der Waals surface area contributed by atoms with Gasteiger partial charge in [-0.2, -0.15) is 0 Å². The van der Waals surface area contributed by atoms with Crippen LogP contribution < -0.4 is 0 Å². The Morgan fingerprint density at radius 2 is 2.00 bits per heavy atom. The molecule has 1 saturated heterocycles. The number of hydrogen-bond donors (Lipinski definition) is 0. The van der Waals surface area contributed by atoms with Crippen LogP contribution in [0.3, 0.4) is 0 Å². The van der Waals surface area contributed by atoms with Crippen LogP contribution in [-0.4, -0.2) is 19.3 Å². The maximum absolute atomic E-state index is 5.63. The van der Waals surface area contributed by atoms with Crippen molar-refractivity contribution in [2.45, 2.75) is 57.5 Å². The van der Waals surface area contributed by atoms with Crippen molar-refractivity contribution in [3.8, 4) is 0 Å². The Bertz CT molecular complexity index is 197. The number of allylic oxidation sites excluding steroid dienone is 1. The molecule has 86 valence electrons. The van der Waals surface area contributed by atoms with E-state index in [4.69, 9.17) is 9.47 Å². The first-order chi connectivity index (χ1) is 7.45. The summed E-state index contributed by atoms with van der Waals surface area (Å²) in [5.74, 6) is 0. The van der Waals surface area contributed by atoms with Gasteiger partial charge in [0.2, 0.25) is 0 Å². The van der Waals surface area contributed by atoms with Gasteiger partial charge >= 0.3 is 0 Å². The van der Waals surface area contributed by atoms with Gasteiger partial charge in [0, 0.05) is 6.61 Å². The molecule has 0 aromatic carbocycles. The van der Waals surface area contributed by atoms with E-state index < -0.39 is 0 Å². The average Bonchev–Trinajstić information content (AvgIpc) is 2.32. The van der Waals surface area contributed by atoms with Gasteiger partial charge in [0.25, 0.3) is 0 Å². The van der Waals surface area contributed by atoms with E-state index in [1.54, 1.807) is 0 Å². The highest BCUT2D eigenvalue weighted by Crippen LogP contribution is 2.22. The quantitative estimate of drug-likeness (QED) is 0.664. The molecule has 0 bridgehead atoms. The second-order valence-electron chi connectivity index (χ2n) is 4.66. The lowest BCUT2D eigenvalue weighted by Gasteiger charge is -2.22. The van der Waals surface area contributed by atoms with E-state index >= 15 is 0 Å². The SMILES string of the molecule is C(OCC1CCCCO1)=C1CCCCC1. The van der Waals surface area contributed by atoms with Crippen LogP contribution in [0.25, 0.3) is 0 Å². The summed E-state index contributed by atoms with van der Waals surface area (Å²) in [6, 6.07) is 0. The molecule has 2 rings (SSSR count). The van der Waals surface area contributed by atoms with Crippen LogP contribution in [0.4, 0.5) is 0 Å². The van der Waals surface area contributed by atoms with Gasteiger partial charge in [0.15, 0.2) is 0 Å². The minimum Gasteiger partial charge on any atom is -0.499 e. The van der Waals surface area contributed by atoms with Crippen molar-refractivity contribution in [1.29, 1.82) is 0 Å². The van der Waals surface area contributed by atoms with Crippen molar-refractivity contribution in [3.05, 3.63) is 11.8 Å². The highest BCUT2D eigenvalue weighted by Gasteiger charge is 2.13. The first-order valence-corrected chi connectivity index (χ1v) is 6.36. The van der Waals surface area contributed by atoms with E-state index in [2.05, 4.69) is 0 Å². The van der Waals surface area contributed by atoms with Gasteiger partial charge in [-0.1, -0.05) is 6.42 Å². The summed E-state index contributed by atoms with van der Waals surface area (Å²) in [5, 5.41) is 0. The molecule has 1 aliphatic heterocycles. The lowest BCUT2D eigenvalue weighted by Crippen LogP contribution is -2.23. The molecule has 0 aromatic heterocycles. The van der Waals surface area contributed by atoms with E-state index in [1.165, 1.54) is 56.9 Å². The molecule has 2 nitrogen and oxygen atoms in total. The molecular weight excluding hydrogens is 188 g/mol. The minimum atomic E-state index is 0.346. The Morgan fingerprint density at radius 1 is 1.13 bits per heavy atom. The smallest absolute Gasteiger partial charge is 0.113 e. The van der Waals surface area contributed by atoms with E-state index in [9.17, 15) is 0 Å². The van der Waals surface area contributed by atoms with E-state index in [-0.39, 0.29) is 0 Å². The molecule has 0 amide bonds. The first kappa shape index (κ1) is 11.0. The fraction of sp³-hybridized carbons (Fsp3) is 0.846. The van der Waals surface area contributed by atoms with Crippen LogP contribution in [0.2, 0.25) is 0 Å². The normalized spacial score (nSPS) is 27.5. The van der Waals surface area contributed by atoms with Crippen molar-refractivity contribution < 1.29 is 9.47 Å². The van der Waals surface area contributed by atoms with Gasteiger partial charge < -0.3 is 9.47 Å². The van der Waals surface area contributed by atoms with Gasteiger partial charge in [-0.25, -0.2) is 0 Å². The van der Waals surface area contributed by atoms with Crippen molar-refractivity contribution in [3.63, 3.8) is 0 Å². The van der Waals surface area contributed by atoms with Gasteiger partial charge in [-0.15, -0.1) is 0 Å². The van der Waals surface area contributed by atoms with Crippen LogP contribution in [0, 0.1) is 0 Å². The van der Waals surface area contributed by atoms with E-state index in [1.807, 2.05) is 6.26 Å². The summed E-state index contributed by atoms with van der Waals surface area (Å²) < 4.78 is 11.2. The molecule has 15 heavy (non-hydrogen) atoms. The fourth-order valence-corrected chi connectivity index (χ4v) is 2.34. The van der Waals surface area contributed by atoms with E-state index in [0.717, 1.165) is 13.2 Å². The summed E-state index contributed by atoms with van der Waals surface area (Å²) in [7, 11) is 0. The zero-order chi connectivity index (χ0) is 10.3. The standard InChI is InChI=1S/C13H22O2/c1-2-6-12(7-3-1)10-14-11-13-8-4-5-9-15-13/h10,13H,1-9,11H2. The van der Waals surface area contributed by atoms with Gasteiger partial charge in [-0.05, 0) is 50.5 Å². The highest BCUT2D eigenvalue weighted by atomic mass is 16.5. The lowest BCUT2D eigenvalue weighted by atomic mass is 9.96. The van der Waals surface area contributed by atoms with Crippen LogP contribution in [-0.2, 0) is 9.47 Å². The van der Waals surface area contributed by atoms with E-state index in [0.29, 0.717) is 6.10 Å². The third-order valence-corrected chi connectivity index (χ3v) is 3.30. The molecule has 2 fully saturated rings. The zero-order valence-corrected chi connectivity index (χ0v) is 9.54. The molecule has 1 saturated carbocycles. The molecule has 0 radical (unpaired) electrons. The molecule has 0 aromatic rings. The summed E-state index contributed by atoms with van der Waals surface area (Å²) in [6.07, 6.45) is 12.6. The number of ether oxygens (including phenoxy) is 2. The second kappa shape index (κ2) is 6.16. The Hall–Kier alpha value is -0.500. The van der Waals surface area contributed by atoms with Crippen molar-refractivity contribution in [1.82, 2.24) is 0 Å². The Balaban J connectivity index is 1.64. The van der Waals surface area contributed by atoms with Crippen LogP contribution in [0.5, 0.6) is 0 Å². The van der Waals surface area contributed by atoms with Crippen molar-refractivity contribution >= 4 is 0 Å². The van der Waals surface area contributed by atoms with Crippen LogP contribution >= 0.6 is 0 Å². The second-order valence-corrected chi connectivity index (χ2v) is 4.66. The molecule has 0 spiro atoms. The molecular formula is C13H22O2. The summed E-state index contributed by atoms with van der Waals surface area (Å²) in [6.45, 7) is 1.67. The first-order valence-electron chi connectivity index (χ1n) is 6.36. The predicted octanol–water partition coefficient (Wildman–Crippen LogP) is 3.42. The average molecular weight is 210 g/mol. The number of hydrogen-bond acceptors (Lipinski definition) is 2. The molecule has 0 N–H and O–H groups in total. The molecule has 2 heteroatoms. The van der Waals surface area contributed by atoms with Gasteiger partial charge in [-0.3, -0.25) is 0 Å². The zero-order valence-electron chi connectivity index (χ0n) is 9.54. The van der Waals surface area contributed by atoms with Gasteiger partial charge in [0.05, 0.1) is 12.4 Å². The number of rotatable bonds is 3. The minimum absolute atomic E-state index is 0.346. The largest absolute Gasteiger partial charge is 0.499 e. The topological polar surface area (TPSA) is 18.5 Å². The fourth-order valence-electron chi connectivity index (χ4n) is 2.34. The third kappa shape index (κ3) is 3.86. The lowest BCUT2D eigenvalue weighted by molar-refractivity contribution is -0.0213. The highest BCUT2D eigenvalue weighted by molar-refractivity contribution is 5.00. The maximum atomic E-state index is 5.63. The molecule has 1 unspecified atom stereocenters. The van der Waals surface area contributed by atoms with Crippen molar-refractivity contribution in [2.75, 3.05) is 13.2 Å². The molecule has 2 aliphatic rings. The van der Waals surface area contributed by atoms with Crippen LogP contribution in [0.1, 0.15) is 51.4 Å². The Labute approximate surface area is 92.6 Å². The van der Waals surface area contributed by atoms with Crippen LogP contribution in [0.15, 0.2) is 11.8 Å². The maximum Gasteiger partial charge on any atom is 0.113 e. The molecule has 1 heterocycles. The Kier molecular flexibility index (Phi) is 4.52. The predicted molar refractivity (Wildman–Crippen MR) is 60.7 cm³/mol. The molecule has 1 atom stereocenters.